The zero-order valence-corrected chi connectivity index (χ0v) is 17.0. The molecule has 1 saturated carbocycles. The minimum absolute atomic E-state index is 0.0266. The predicted molar refractivity (Wildman–Crippen MR) is 108 cm³/mol. The lowest BCUT2D eigenvalue weighted by atomic mass is 10.1. The number of thiazole rings is 1. The number of carbonyl (C=O) groups excluding carboxylic acids is 1. The van der Waals surface area contributed by atoms with Crippen molar-refractivity contribution in [2.45, 2.75) is 39.7 Å². The second-order valence-electron chi connectivity index (χ2n) is 7.63. The molecule has 1 aliphatic carbocycles. The van der Waals surface area contributed by atoms with Gasteiger partial charge in [-0.2, -0.15) is 0 Å². The van der Waals surface area contributed by atoms with Crippen LogP contribution in [0.15, 0.2) is 40.9 Å². The van der Waals surface area contributed by atoms with Crippen molar-refractivity contribution in [3.8, 4) is 10.6 Å². The highest BCUT2D eigenvalue weighted by molar-refractivity contribution is 7.16. The van der Waals surface area contributed by atoms with Crippen LogP contribution in [0.2, 0.25) is 0 Å². The Kier molecular flexibility index (Phi) is 4.64. The fraction of sp³-hybridized carbons (Fsp3) is 0.364. The van der Waals surface area contributed by atoms with E-state index in [1.54, 1.807) is 18.1 Å². The zero-order chi connectivity index (χ0) is 19.1. The van der Waals surface area contributed by atoms with Gasteiger partial charge in [0.05, 0.1) is 12.7 Å². The maximum atomic E-state index is 12.8. The maximum absolute atomic E-state index is 12.8. The molecular weight excluding hydrogens is 356 g/mol. The second-order valence-corrected chi connectivity index (χ2v) is 8.66. The van der Waals surface area contributed by atoms with Gasteiger partial charge in [0, 0.05) is 18.5 Å². The number of carbonyl (C=O) groups is 1. The van der Waals surface area contributed by atoms with Crippen LogP contribution in [0.3, 0.4) is 0 Å². The molecule has 4 rings (SSSR count). The van der Waals surface area contributed by atoms with Gasteiger partial charge in [-0.15, -0.1) is 11.3 Å². The molecule has 27 heavy (non-hydrogen) atoms. The van der Waals surface area contributed by atoms with Gasteiger partial charge in [0.25, 0.3) is 5.91 Å². The van der Waals surface area contributed by atoms with Crippen molar-refractivity contribution in [1.29, 1.82) is 0 Å². The molecule has 2 unspecified atom stereocenters. The van der Waals surface area contributed by atoms with Crippen molar-refractivity contribution < 1.29 is 9.21 Å². The topological polar surface area (TPSA) is 46.3 Å². The Bertz CT molecular complexity index is 988. The van der Waals surface area contributed by atoms with Crippen LogP contribution in [0.1, 0.15) is 51.6 Å². The first-order valence-corrected chi connectivity index (χ1v) is 10.1. The van der Waals surface area contributed by atoms with Gasteiger partial charge in [0.1, 0.15) is 21.4 Å². The summed E-state index contributed by atoms with van der Waals surface area (Å²) in [7, 11) is 1.81. The molecule has 0 spiro atoms. The van der Waals surface area contributed by atoms with E-state index < -0.39 is 0 Å². The van der Waals surface area contributed by atoms with Crippen LogP contribution in [-0.2, 0) is 6.54 Å². The molecule has 1 aromatic carbocycles. The monoisotopic (exact) mass is 380 g/mol. The number of rotatable bonds is 5. The first-order valence-electron chi connectivity index (χ1n) is 9.30. The van der Waals surface area contributed by atoms with Gasteiger partial charge in [-0.1, -0.05) is 30.7 Å². The molecule has 2 aromatic heterocycles. The minimum Gasteiger partial charge on any atom is -0.464 e. The van der Waals surface area contributed by atoms with Crippen LogP contribution in [0, 0.1) is 19.8 Å². The van der Waals surface area contributed by atoms with Crippen LogP contribution in [-0.4, -0.2) is 22.8 Å². The molecule has 5 heteroatoms. The number of aryl methyl sites for hydroxylation is 2. The summed E-state index contributed by atoms with van der Waals surface area (Å²) in [5.74, 6) is 3.12. The molecule has 1 amide bonds. The van der Waals surface area contributed by atoms with Gasteiger partial charge in [0.2, 0.25) is 0 Å². The number of benzene rings is 1. The Labute approximate surface area is 163 Å². The van der Waals surface area contributed by atoms with Crippen molar-refractivity contribution in [3.05, 3.63) is 64.1 Å². The molecule has 0 radical (unpaired) electrons. The lowest BCUT2D eigenvalue weighted by Crippen LogP contribution is -2.25. The average molecular weight is 381 g/mol. The molecule has 2 atom stereocenters. The molecule has 4 nitrogen and oxygen atoms in total. The highest BCUT2D eigenvalue weighted by Gasteiger charge is 2.36. The summed E-state index contributed by atoms with van der Waals surface area (Å²) in [5, 5.41) is 0.882. The summed E-state index contributed by atoms with van der Waals surface area (Å²) in [4.78, 5) is 19.6. The largest absolute Gasteiger partial charge is 0.464 e. The first kappa shape index (κ1) is 18.0. The van der Waals surface area contributed by atoms with Crippen LogP contribution in [0.25, 0.3) is 10.6 Å². The Morgan fingerprint density at radius 2 is 2.07 bits per heavy atom. The van der Waals surface area contributed by atoms with Crippen LogP contribution in [0.4, 0.5) is 0 Å². The van der Waals surface area contributed by atoms with E-state index in [-0.39, 0.29) is 5.91 Å². The number of furan rings is 1. The fourth-order valence-electron chi connectivity index (χ4n) is 3.44. The predicted octanol–water partition coefficient (Wildman–Crippen LogP) is 5.42. The summed E-state index contributed by atoms with van der Waals surface area (Å²) in [6.45, 7) is 6.86. The molecular formula is C22H24N2O2S. The van der Waals surface area contributed by atoms with Gasteiger partial charge in [-0.25, -0.2) is 4.98 Å². The van der Waals surface area contributed by atoms with E-state index in [0.717, 1.165) is 22.1 Å². The normalized spacial score (nSPS) is 18.5. The maximum Gasteiger partial charge on any atom is 0.265 e. The van der Waals surface area contributed by atoms with Crippen molar-refractivity contribution >= 4 is 17.2 Å². The summed E-state index contributed by atoms with van der Waals surface area (Å²) >= 11 is 1.44. The fourth-order valence-corrected chi connectivity index (χ4v) is 4.44. The second kappa shape index (κ2) is 6.97. The third kappa shape index (κ3) is 3.69. The van der Waals surface area contributed by atoms with Gasteiger partial charge in [-0.05, 0) is 43.9 Å². The highest BCUT2D eigenvalue weighted by atomic mass is 32.1. The van der Waals surface area contributed by atoms with E-state index in [4.69, 9.17) is 4.42 Å². The van der Waals surface area contributed by atoms with Gasteiger partial charge < -0.3 is 9.32 Å². The summed E-state index contributed by atoms with van der Waals surface area (Å²) in [6, 6.07) is 10.3. The molecule has 0 bridgehead atoms. The summed E-state index contributed by atoms with van der Waals surface area (Å²) < 4.78 is 5.93. The molecule has 140 valence electrons. The van der Waals surface area contributed by atoms with E-state index in [1.165, 1.54) is 28.9 Å². The van der Waals surface area contributed by atoms with Crippen LogP contribution >= 0.6 is 11.3 Å². The smallest absolute Gasteiger partial charge is 0.265 e. The number of aromatic nitrogens is 1. The van der Waals surface area contributed by atoms with Gasteiger partial charge >= 0.3 is 0 Å². The van der Waals surface area contributed by atoms with Crippen molar-refractivity contribution in [3.63, 3.8) is 0 Å². The molecule has 1 aliphatic rings. The van der Waals surface area contributed by atoms with Crippen molar-refractivity contribution in [2.24, 2.45) is 5.92 Å². The standard InChI is InChI=1S/C22H24N2O2S/c1-13-5-7-17(14(2)9-13)21-23-11-20(27-21)22(25)24(4)12-16-6-8-19(26-16)18-10-15(18)3/h5-9,11,15,18H,10,12H2,1-4H3. The third-order valence-corrected chi connectivity index (χ3v) is 6.24. The minimum atomic E-state index is -0.0266. The Morgan fingerprint density at radius 3 is 2.78 bits per heavy atom. The van der Waals surface area contributed by atoms with Gasteiger partial charge in [-0.3, -0.25) is 4.79 Å². The van der Waals surface area contributed by atoms with E-state index in [0.29, 0.717) is 23.3 Å². The van der Waals surface area contributed by atoms with Crippen molar-refractivity contribution in [1.82, 2.24) is 9.88 Å². The third-order valence-electron chi connectivity index (χ3n) is 5.23. The molecule has 0 N–H and O–H groups in total. The quantitative estimate of drug-likeness (QED) is 0.594. The van der Waals surface area contributed by atoms with Crippen LogP contribution < -0.4 is 0 Å². The molecule has 2 heterocycles. The zero-order valence-electron chi connectivity index (χ0n) is 16.2. The highest BCUT2D eigenvalue weighted by Crippen LogP contribution is 2.47. The Hall–Kier alpha value is -2.40. The molecule has 0 aliphatic heterocycles. The average Bonchev–Trinajstić information content (AvgIpc) is 3.03. The SMILES string of the molecule is Cc1ccc(-c2ncc(C(=O)N(C)Cc3ccc(C4CC4C)o3)s2)c(C)c1. The molecule has 1 fully saturated rings. The molecule has 0 saturated heterocycles. The summed E-state index contributed by atoms with van der Waals surface area (Å²) in [6.07, 6.45) is 2.88. The van der Waals surface area contributed by atoms with Crippen molar-refractivity contribution in [2.75, 3.05) is 7.05 Å². The van der Waals surface area contributed by atoms with Gasteiger partial charge in [0.15, 0.2) is 0 Å². The Morgan fingerprint density at radius 1 is 1.30 bits per heavy atom. The van der Waals surface area contributed by atoms with E-state index in [1.807, 2.05) is 12.1 Å². The molecule has 3 aromatic rings. The number of nitrogens with zero attached hydrogens (tertiary/aromatic N) is 2. The summed E-state index contributed by atoms with van der Waals surface area (Å²) in [5.41, 5.74) is 3.48. The van der Waals surface area contributed by atoms with E-state index >= 15 is 0 Å². The lowest BCUT2D eigenvalue weighted by molar-refractivity contribution is 0.0779. The van der Waals surface area contributed by atoms with E-state index in [2.05, 4.69) is 44.0 Å². The first-order chi connectivity index (χ1) is 12.9. The lowest BCUT2D eigenvalue weighted by Gasteiger charge is -2.14. The van der Waals surface area contributed by atoms with E-state index in [9.17, 15) is 4.79 Å². The Balaban J connectivity index is 1.46. The number of hydrogen-bond acceptors (Lipinski definition) is 4. The number of hydrogen-bond donors (Lipinski definition) is 0. The number of amides is 1. The van der Waals surface area contributed by atoms with Crippen LogP contribution in [0.5, 0.6) is 0 Å².